The molecule has 1 atom stereocenters. The number of hydrogen-bond donors (Lipinski definition) is 1. The second kappa shape index (κ2) is 6.94. The number of amides is 1. The number of carboxylic acids is 1. The average molecular weight is 359 g/mol. The first-order valence-electron chi connectivity index (χ1n) is 7.66. The van der Waals surface area contributed by atoms with Gasteiger partial charge in [0.05, 0.1) is 5.69 Å². The molecule has 1 aromatic carbocycles. The predicted molar refractivity (Wildman–Crippen MR) is 93.5 cm³/mol. The van der Waals surface area contributed by atoms with E-state index in [2.05, 4.69) is 4.98 Å². The summed E-state index contributed by atoms with van der Waals surface area (Å²) in [6.07, 6.45) is 4.99. The lowest BCUT2D eigenvalue weighted by molar-refractivity contribution is -0.140. The van der Waals surface area contributed by atoms with Gasteiger partial charge in [-0.15, -0.1) is 0 Å². The number of anilines is 1. The van der Waals surface area contributed by atoms with Crippen LogP contribution < -0.4 is 9.64 Å². The van der Waals surface area contributed by atoms with Crippen LogP contribution in [0.1, 0.15) is 18.9 Å². The molecule has 6 nitrogen and oxygen atoms in total. The van der Waals surface area contributed by atoms with E-state index in [9.17, 15) is 14.7 Å². The number of carbonyl (C=O) groups is 2. The molecule has 1 amide bonds. The molecule has 1 aliphatic rings. The maximum atomic E-state index is 12.9. The molecule has 1 unspecified atom stereocenters. The fourth-order valence-electron chi connectivity index (χ4n) is 2.63. The zero-order valence-corrected chi connectivity index (χ0v) is 14.1. The lowest BCUT2D eigenvalue weighted by atomic mass is 10.1. The average Bonchev–Trinajstić information content (AvgIpc) is 2.59. The van der Waals surface area contributed by atoms with Gasteiger partial charge in [0.1, 0.15) is 6.04 Å². The first kappa shape index (κ1) is 17.0. The summed E-state index contributed by atoms with van der Waals surface area (Å²) in [5.41, 5.74) is 1.07. The van der Waals surface area contributed by atoms with Crippen molar-refractivity contribution in [1.29, 1.82) is 0 Å². The van der Waals surface area contributed by atoms with Crippen LogP contribution in [0.4, 0.5) is 5.69 Å². The molecule has 1 aromatic heterocycles. The van der Waals surface area contributed by atoms with Crippen molar-refractivity contribution in [3.63, 3.8) is 0 Å². The van der Waals surface area contributed by atoms with E-state index in [1.54, 1.807) is 49.7 Å². The molecule has 0 aliphatic carbocycles. The van der Waals surface area contributed by atoms with Crippen molar-refractivity contribution in [2.45, 2.75) is 19.4 Å². The van der Waals surface area contributed by atoms with Gasteiger partial charge in [-0.05, 0) is 48.4 Å². The molecule has 3 rings (SSSR count). The number of ether oxygens (including phenoxy) is 1. The van der Waals surface area contributed by atoms with E-state index >= 15 is 0 Å². The van der Waals surface area contributed by atoms with Crippen LogP contribution in [-0.2, 0) is 9.59 Å². The third-order valence-electron chi connectivity index (χ3n) is 3.82. The van der Waals surface area contributed by atoms with E-state index in [0.717, 1.165) is 5.56 Å². The second-order valence-electron chi connectivity index (χ2n) is 5.44. The minimum Gasteiger partial charge on any atom is -0.480 e. The van der Waals surface area contributed by atoms with Crippen molar-refractivity contribution < 1.29 is 19.4 Å². The SMILES string of the molecule is CCC(C(=O)O)N1C(=O)/C(=C\c2ccncc2)Oc2ccc(Cl)cc21. The van der Waals surface area contributed by atoms with Crippen LogP contribution in [0.15, 0.2) is 48.5 Å². The molecule has 128 valence electrons. The van der Waals surface area contributed by atoms with E-state index in [1.165, 1.54) is 11.0 Å². The maximum Gasteiger partial charge on any atom is 0.326 e. The minimum absolute atomic E-state index is 0.0423. The Morgan fingerprint density at radius 3 is 2.72 bits per heavy atom. The van der Waals surface area contributed by atoms with Crippen molar-refractivity contribution >= 4 is 35.2 Å². The highest BCUT2D eigenvalue weighted by atomic mass is 35.5. The van der Waals surface area contributed by atoms with Gasteiger partial charge < -0.3 is 9.84 Å². The molecule has 0 spiro atoms. The summed E-state index contributed by atoms with van der Waals surface area (Å²) in [5, 5.41) is 9.91. The summed E-state index contributed by atoms with van der Waals surface area (Å²) in [5.74, 6) is -1.20. The third-order valence-corrected chi connectivity index (χ3v) is 4.05. The highest BCUT2D eigenvalue weighted by Crippen LogP contribution is 2.39. The second-order valence-corrected chi connectivity index (χ2v) is 5.88. The molecule has 25 heavy (non-hydrogen) atoms. The summed E-state index contributed by atoms with van der Waals surface area (Å²) in [7, 11) is 0. The smallest absolute Gasteiger partial charge is 0.326 e. The Labute approximate surface area is 149 Å². The summed E-state index contributed by atoms with van der Waals surface area (Å²) in [4.78, 5) is 29.7. The third kappa shape index (κ3) is 3.34. The van der Waals surface area contributed by atoms with E-state index < -0.39 is 17.9 Å². The van der Waals surface area contributed by atoms with Crippen LogP contribution in [0.2, 0.25) is 5.02 Å². The van der Waals surface area contributed by atoms with Crippen molar-refractivity contribution in [1.82, 2.24) is 4.98 Å². The van der Waals surface area contributed by atoms with Gasteiger partial charge in [-0.3, -0.25) is 14.7 Å². The highest BCUT2D eigenvalue weighted by Gasteiger charge is 2.38. The topological polar surface area (TPSA) is 79.7 Å². The Balaban J connectivity index is 2.12. The van der Waals surface area contributed by atoms with Crippen molar-refractivity contribution in [3.8, 4) is 5.75 Å². The van der Waals surface area contributed by atoms with Crippen LogP contribution in [-0.4, -0.2) is 28.0 Å². The molecule has 1 aliphatic heterocycles. The number of aromatic nitrogens is 1. The lowest BCUT2D eigenvalue weighted by Crippen LogP contribution is -2.48. The van der Waals surface area contributed by atoms with Crippen LogP contribution in [0.25, 0.3) is 6.08 Å². The number of hydrogen-bond acceptors (Lipinski definition) is 4. The van der Waals surface area contributed by atoms with Crippen LogP contribution in [0.3, 0.4) is 0 Å². The number of aliphatic carboxylic acids is 1. The largest absolute Gasteiger partial charge is 0.480 e. The number of benzene rings is 1. The first-order chi connectivity index (χ1) is 12.0. The van der Waals surface area contributed by atoms with Crippen LogP contribution in [0, 0.1) is 0 Å². The standard InChI is InChI=1S/C18H15ClN2O4/c1-2-13(18(23)24)21-14-10-12(19)3-4-15(14)25-16(17(21)22)9-11-5-7-20-8-6-11/h3-10,13H,2H2,1H3,(H,23,24)/b16-9+. The molecule has 0 radical (unpaired) electrons. The van der Waals surface area contributed by atoms with Crippen LogP contribution in [0.5, 0.6) is 5.75 Å². The predicted octanol–water partition coefficient (Wildman–Crippen LogP) is 3.36. The fraction of sp³-hybridized carbons (Fsp3) is 0.167. The number of carbonyl (C=O) groups excluding carboxylic acids is 1. The summed E-state index contributed by atoms with van der Waals surface area (Å²) < 4.78 is 5.71. The quantitative estimate of drug-likeness (QED) is 0.848. The number of carboxylic acid groups (broad SMARTS) is 1. The van der Waals surface area contributed by atoms with E-state index in [4.69, 9.17) is 16.3 Å². The van der Waals surface area contributed by atoms with Crippen LogP contribution >= 0.6 is 11.6 Å². The van der Waals surface area contributed by atoms with E-state index in [1.807, 2.05) is 0 Å². The Hall–Kier alpha value is -2.86. The fourth-order valence-corrected chi connectivity index (χ4v) is 2.80. The highest BCUT2D eigenvalue weighted by molar-refractivity contribution is 6.31. The molecule has 2 heterocycles. The summed E-state index contributed by atoms with van der Waals surface area (Å²) in [6.45, 7) is 1.71. The van der Waals surface area contributed by atoms with Crippen molar-refractivity contribution in [2.24, 2.45) is 0 Å². The van der Waals surface area contributed by atoms with Crippen molar-refractivity contribution in [3.05, 3.63) is 59.1 Å². The Morgan fingerprint density at radius 1 is 1.36 bits per heavy atom. The van der Waals surface area contributed by atoms with Gasteiger partial charge >= 0.3 is 5.97 Å². The van der Waals surface area contributed by atoms with Gasteiger partial charge in [0, 0.05) is 17.4 Å². The number of halogens is 1. The van der Waals surface area contributed by atoms with Gasteiger partial charge in [-0.25, -0.2) is 4.79 Å². The Morgan fingerprint density at radius 2 is 2.08 bits per heavy atom. The Bertz CT molecular complexity index is 851. The number of pyridine rings is 1. The molecule has 0 bridgehead atoms. The zero-order chi connectivity index (χ0) is 18.0. The molecule has 7 heteroatoms. The molecular formula is C18H15ClN2O4. The first-order valence-corrected chi connectivity index (χ1v) is 8.04. The van der Waals surface area contributed by atoms with E-state index in [-0.39, 0.29) is 12.2 Å². The lowest BCUT2D eigenvalue weighted by Gasteiger charge is -2.34. The number of fused-ring (bicyclic) bond motifs is 1. The zero-order valence-electron chi connectivity index (χ0n) is 13.3. The van der Waals surface area contributed by atoms with Gasteiger partial charge in [-0.1, -0.05) is 18.5 Å². The molecule has 0 saturated carbocycles. The maximum absolute atomic E-state index is 12.9. The molecule has 0 saturated heterocycles. The molecule has 1 N–H and O–H groups in total. The van der Waals surface area contributed by atoms with Gasteiger partial charge in [0.15, 0.2) is 11.5 Å². The number of rotatable bonds is 4. The van der Waals surface area contributed by atoms with Gasteiger partial charge in [0.2, 0.25) is 0 Å². The monoisotopic (exact) mass is 358 g/mol. The number of nitrogens with zero attached hydrogens (tertiary/aromatic N) is 2. The van der Waals surface area contributed by atoms with Crippen molar-refractivity contribution in [2.75, 3.05) is 4.90 Å². The molecule has 0 fully saturated rings. The Kier molecular flexibility index (Phi) is 4.72. The summed E-state index contributed by atoms with van der Waals surface area (Å²) >= 11 is 6.02. The van der Waals surface area contributed by atoms with E-state index in [0.29, 0.717) is 16.5 Å². The molecular weight excluding hydrogens is 344 g/mol. The van der Waals surface area contributed by atoms with Gasteiger partial charge in [-0.2, -0.15) is 0 Å². The minimum atomic E-state index is -1.09. The van der Waals surface area contributed by atoms with Gasteiger partial charge in [0.25, 0.3) is 5.91 Å². The molecule has 2 aromatic rings. The summed E-state index contributed by atoms with van der Waals surface area (Å²) in [6, 6.07) is 7.20. The normalized spacial score (nSPS) is 16.3.